The molecule has 1 amide bonds. The summed E-state index contributed by atoms with van der Waals surface area (Å²) in [7, 11) is 1.34. The van der Waals surface area contributed by atoms with Gasteiger partial charge in [0.15, 0.2) is 0 Å². The molecule has 1 aliphatic rings. The normalized spacial score (nSPS) is 23.7. The van der Waals surface area contributed by atoms with Crippen LogP contribution in [0.1, 0.15) is 12.8 Å². The Kier molecular flexibility index (Phi) is 4.53. The average molecular weight is 279 g/mol. The molecule has 0 aliphatic carbocycles. The second kappa shape index (κ2) is 5.46. The molecule has 2 atom stereocenters. The maximum Gasteiger partial charge on any atom is 0.320 e. The highest BCUT2D eigenvalue weighted by molar-refractivity contribution is 9.10. The molecule has 1 heterocycles. The number of likely N-dealkylation sites (tertiary alicyclic amines) is 1. The third kappa shape index (κ3) is 3.17. The standard InChI is InChI=1S/C9H15BrN2O3/c1-15-9(14)6(10)5-12-4-2-3-7(12)8(11)13/h6-7H,2-5H2,1H3,(H2,11,13). The number of esters is 1. The van der Waals surface area contributed by atoms with E-state index in [1.165, 1.54) is 7.11 Å². The zero-order valence-corrected chi connectivity index (χ0v) is 10.2. The Morgan fingerprint density at radius 1 is 1.67 bits per heavy atom. The van der Waals surface area contributed by atoms with Crippen LogP contribution in [0.4, 0.5) is 0 Å². The van der Waals surface area contributed by atoms with Crippen LogP contribution in [-0.4, -0.2) is 47.8 Å². The Morgan fingerprint density at radius 3 is 2.87 bits per heavy atom. The zero-order valence-electron chi connectivity index (χ0n) is 8.61. The van der Waals surface area contributed by atoms with Gasteiger partial charge in [0.25, 0.3) is 0 Å². The summed E-state index contributed by atoms with van der Waals surface area (Å²) in [6, 6.07) is -0.241. The van der Waals surface area contributed by atoms with Crippen LogP contribution >= 0.6 is 15.9 Å². The fraction of sp³-hybridized carbons (Fsp3) is 0.778. The number of nitrogens with two attached hydrogens (primary N) is 1. The Labute approximate surface area is 97.1 Å². The monoisotopic (exact) mass is 278 g/mol. The van der Waals surface area contributed by atoms with Crippen LogP contribution in [0, 0.1) is 0 Å². The fourth-order valence-corrected chi connectivity index (χ4v) is 2.33. The SMILES string of the molecule is COC(=O)C(Br)CN1CCCC1C(N)=O. The minimum Gasteiger partial charge on any atom is -0.468 e. The van der Waals surface area contributed by atoms with Crippen molar-refractivity contribution >= 4 is 27.8 Å². The lowest BCUT2D eigenvalue weighted by molar-refractivity contribution is -0.140. The number of alkyl halides is 1. The first-order valence-corrected chi connectivity index (χ1v) is 5.73. The van der Waals surface area contributed by atoms with E-state index in [0.29, 0.717) is 6.54 Å². The van der Waals surface area contributed by atoms with Gasteiger partial charge < -0.3 is 10.5 Å². The first kappa shape index (κ1) is 12.4. The van der Waals surface area contributed by atoms with Gasteiger partial charge in [-0.05, 0) is 19.4 Å². The lowest BCUT2D eigenvalue weighted by Gasteiger charge is -2.23. The number of primary amides is 1. The van der Waals surface area contributed by atoms with Crippen molar-refractivity contribution in [3.05, 3.63) is 0 Å². The summed E-state index contributed by atoms with van der Waals surface area (Å²) in [5, 5.41) is 0. The van der Waals surface area contributed by atoms with Crippen molar-refractivity contribution in [2.45, 2.75) is 23.7 Å². The van der Waals surface area contributed by atoms with E-state index in [4.69, 9.17) is 5.73 Å². The number of hydrogen-bond donors (Lipinski definition) is 1. The molecule has 1 saturated heterocycles. The van der Waals surface area contributed by atoms with Crippen molar-refractivity contribution in [2.24, 2.45) is 5.73 Å². The van der Waals surface area contributed by atoms with Crippen molar-refractivity contribution < 1.29 is 14.3 Å². The molecule has 2 N–H and O–H groups in total. The number of methoxy groups -OCH3 is 1. The Balaban J connectivity index is 2.50. The molecule has 1 rings (SSSR count). The third-order valence-electron chi connectivity index (χ3n) is 2.54. The van der Waals surface area contributed by atoms with Gasteiger partial charge in [0.05, 0.1) is 13.2 Å². The quantitative estimate of drug-likeness (QED) is 0.575. The maximum absolute atomic E-state index is 11.2. The van der Waals surface area contributed by atoms with Crippen LogP contribution in [0.5, 0.6) is 0 Å². The molecule has 0 aromatic rings. The number of carbonyl (C=O) groups excluding carboxylic acids is 2. The molecule has 5 nitrogen and oxygen atoms in total. The van der Waals surface area contributed by atoms with Gasteiger partial charge in [0.2, 0.25) is 5.91 Å². The van der Waals surface area contributed by atoms with Gasteiger partial charge in [-0.2, -0.15) is 0 Å². The van der Waals surface area contributed by atoms with E-state index in [2.05, 4.69) is 20.7 Å². The minimum atomic E-state index is -0.401. The summed E-state index contributed by atoms with van der Waals surface area (Å²) in [5.41, 5.74) is 5.26. The highest BCUT2D eigenvalue weighted by Crippen LogP contribution is 2.18. The number of halogens is 1. The smallest absolute Gasteiger partial charge is 0.320 e. The van der Waals surface area contributed by atoms with Crippen LogP contribution in [0.15, 0.2) is 0 Å². The van der Waals surface area contributed by atoms with Gasteiger partial charge in [0.1, 0.15) is 4.83 Å². The number of carbonyl (C=O) groups is 2. The maximum atomic E-state index is 11.2. The summed E-state index contributed by atoms with van der Waals surface area (Å²) in [6.45, 7) is 1.26. The fourth-order valence-electron chi connectivity index (χ4n) is 1.78. The molecule has 0 radical (unpaired) electrons. The van der Waals surface area contributed by atoms with Crippen molar-refractivity contribution in [2.75, 3.05) is 20.2 Å². The third-order valence-corrected chi connectivity index (χ3v) is 3.21. The topological polar surface area (TPSA) is 72.6 Å². The second-order valence-corrected chi connectivity index (χ2v) is 4.65. The summed E-state index contributed by atoms with van der Waals surface area (Å²) >= 11 is 3.22. The zero-order chi connectivity index (χ0) is 11.4. The largest absolute Gasteiger partial charge is 0.468 e. The minimum absolute atomic E-state index is 0.241. The lowest BCUT2D eigenvalue weighted by atomic mass is 10.2. The summed E-state index contributed by atoms with van der Waals surface area (Å²) < 4.78 is 4.59. The molecule has 6 heteroatoms. The van der Waals surface area contributed by atoms with Crippen LogP contribution in [-0.2, 0) is 14.3 Å². The van der Waals surface area contributed by atoms with Crippen molar-refractivity contribution in [1.82, 2.24) is 4.90 Å². The summed E-state index contributed by atoms with van der Waals surface area (Å²) in [6.07, 6.45) is 1.71. The molecule has 1 fully saturated rings. The van der Waals surface area contributed by atoms with Crippen LogP contribution in [0.3, 0.4) is 0 Å². The average Bonchev–Trinajstić information content (AvgIpc) is 2.64. The molecular formula is C9H15BrN2O3. The molecule has 86 valence electrons. The van der Waals surface area contributed by atoms with Gasteiger partial charge in [-0.1, -0.05) is 15.9 Å². The van der Waals surface area contributed by atoms with E-state index in [0.717, 1.165) is 19.4 Å². The van der Waals surface area contributed by atoms with E-state index < -0.39 is 4.83 Å². The molecule has 0 aromatic carbocycles. The molecule has 0 spiro atoms. The highest BCUT2D eigenvalue weighted by atomic mass is 79.9. The van der Waals surface area contributed by atoms with Gasteiger partial charge in [0, 0.05) is 6.54 Å². The Hall–Kier alpha value is -0.620. The van der Waals surface area contributed by atoms with Gasteiger partial charge in [-0.3, -0.25) is 14.5 Å². The predicted octanol–water partition coefficient (Wildman–Crippen LogP) is -0.127. The number of amides is 1. The molecule has 0 aromatic heterocycles. The number of rotatable bonds is 4. The van der Waals surface area contributed by atoms with E-state index in [-0.39, 0.29) is 17.9 Å². The van der Waals surface area contributed by atoms with Crippen LogP contribution in [0.25, 0.3) is 0 Å². The van der Waals surface area contributed by atoms with Crippen molar-refractivity contribution in [3.8, 4) is 0 Å². The molecule has 2 unspecified atom stereocenters. The number of nitrogens with zero attached hydrogens (tertiary/aromatic N) is 1. The highest BCUT2D eigenvalue weighted by Gasteiger charge is 2.31. The number of ether oxygens (including phenoxy) is 1. The Morgan fingerprint density at radius 2 is 2.33 bits per heavy atom. The Bertz CT molecular complexity index is 260. The van der Waals surface area contributed by atoms with Crippen molar-refractivity contribution in [1.29, 1.82) is 0 Å². The van der Waals surface area contributed by atoms with E-state index >= 15 is 0 Å². The molecule has 0 saturated carbocycles. The van der Waals surface area contributed by atoms with Gasteiger partial charge in [-0.25, -0.2) is 0 Å². The molecule has 1 aliphatic heterocycles. The van der Waals surface area contributed by atoms with E-state index in [1.807, 2.05) is 4.90 Å². The summed E-state index contributed by atoms with van der Waals surface area (Å²) in [4.78, 5) is 23.8. The second-order valence-electron chi connectivity index (χ2n) is 3.55. The molecule has 15 heavy (non-hydrogen) atoms. The van der Waals surface area contributed by atoms with Gasteiger partial charge in [-0.15, -0.1) is 0 Å². The first-order valence-electron chi connectivity index (χ1n) is 4.81. The first-order chi connectivity index (χ1) is 7.06. The van der Waals surface area contributed by atoms with Crippen LogP contribution in [0.2, 0.25) is 0 Å². The van der Waals surface area contributed by atoms with Crippen molar-refractivity contribution in [3.63, 3.8) is 0 Å². The lowest BCUT2D eigenvalue weighted by Crippen LogP contribution is -2.44. The molecule has 0 bridgehead atoms. The van der Waals surface area contributed by atoms with E-state index in [1.54, 1.807) is 0 Å². The predicted molar refractivity (Wildman–Crippen MR) is 58.5 cm³/mol. The molecular weight excluding hydrogens is 264 g/mol. The van der Waals surface area contributed by atoms with Gasteiger partial charge >= 0.3 is 5.97 Å². The number of hydrogen-bond acceptors (Lipinski definition) is 4. The van der Waals surface area contributed by atoms with Crippen LogP contribution < -0.4 is 5.73 Å². The summed E-state index contributed by atoms with van der Waals surface area (Å²) in [5.74, 6) is -0.651. The van der Waals surface area contributed by atoms with E-state index in [9.17, 15) is 9.59 Å².